The molecule has 1 fully saturated rings. The van der Waals surface area contributed by atoms with Crippen molar-refractivity contribution in [2.24, 2.45) is 5.92 Å². The van der Waals surface area contributed by atoms with Gasteiger partial charge < -0.3 is 14.6 Å². The van der Waals surface area contributed by atoms with E-state index in [0.717, 1.165) is 36.8 Å². The Morgan fingerprint density at radius 2 is 1.65 bits per heavy atom. The van der Waals surface area contributed by atoms with Gasteiger partial charge >= 0.3 is 5.97 Å². The topological polar surface area (TPSA) is 55.8 Å². The molecule has 136 valence electrons. The summed E-state index contributed by atoms with van der Waals surface area (Å²) >= 11 is 0. The lowest BCUT2D eigenvalue weighted by Crippen LogP contribution is -2.09. The Morgan fingerprint density at radius 1 is 1.00 bits per heavy atom. The van der Waals surface area contributed by atoms with Crippen LogP contribution in [0.4, 0.5) is 0 Å². The van der Waals surface area contributed by atoms with Gasteiger partial charge in [-0.1, -0.05) is 55.3 Å². The Kier molecular flexibility index (Phi) is 6.08. The van der Waals surface area contributed by atoms with Gasteiger partial charge in [-0.3, -0.25) is 0 Å². The van der Waals surface area contributed by atoms with Gasteiger partial charge in [-0.25, -0.2) is 4.79 Å². The number of methoxy groups -OCH3 is 1. The first-order valence-electron chi connectivity index (χ1n) is 8.95. The van der Waals surface area contributed by atoms with Crippen LogP contribution in [0.5, 0.6) is 5.75 Å². The van der Waals surface area contributed by atoms with E-state index in [4.69, 9.17) is 9.47 Å². The van der Waals surface area contributed by atoms with Gasteiger partial charge in [-0.15, -0.1) is 0 Å². The highest BCUT2D eigenvalue weighted by atomic mass is 16.7. The van der Waals surface area contributed by atoms with Crippen molar-refractivity contribution in [1.29, 1.82) is 0 Å². The summed E-state index contributed by atoms with van der Waals surface area (Å²) in [4.78, 5) is 12.2. The molecule has 3 rings (SSSR count). The van der Waals surface area contributed by atoms with Crippen molar-refractivity contribution in [3.63, 3.8) is 0 Å². The number of allylic oxidation sites excluding steroid dienone is 1. The molecule has 0 atom stereocenters. The molecule has 1 aliphatic rings. The maximum absolute atomic E-state index is 12.2. The van der Waals surface area contributed by atoms with Gasteiger partial charge in [0.1, 0.15) is 5.75 Å². The number of hydrogen-bond acceptors (Lipinski definition) is 3. The molecule has 0 unspecified atom stereocenters. The highest BCUT2D eigenvalue weighted by molar-refractivity contribution is 6.24. The molecule has 4 nitrogen and oxygen atoms in total. The van der Waals surface area contributed by atoms with Crippen LogP contribution in [-0.4, -0.2) is 25.0 Å². The van der Waals surface area contributed by atoms with E-state index in [1.807, 2.05) is 42.5 Å². The number of ether oxygens (including phenoxy) is 2. The van der Waals surface area contributed by atoms with Crippen LogP contribution in [0.15, 0.2) is 54.6 Å². The molecule has 0 bridgehead atoms. The predicted octanol–water partition coefficient (Wildman–Crippen LogP) is 4.85. The van der Waals surface area contributed by atoms with Crippen LogP contribution in [-0.2, 0) is 9.53 Å². The van der Waals surface area contributed by atoms with Gasteiger partial charge in [-0.2, -0.15) is 0 Å². The molecule has 1 aliphatic carbocycles. The number of carboxylic acids is 1. The van der Waals surface area contributed by atoms with Crippen molar-refractivity contribution in [2.75, 3.05) is 13.9 Å². The third kappa shape index (κ3) is 4.14. The van der Waals surface area contributed by atoms with Gasteiger partial charge in [0.05, 0.1) is 5.57 Å². The highest BCUT2D eigenvalue weighted by Crippen LogP contribution is 2.41. The molecule has 1 N–H and O–H groups in total. The number of hydrogen-bond donors (Lipinski definition) is 1. The second kappa shape index (κ2) is 8.68. The lowest BCUT2D eigenvalue weighted by atomic mass is 9.84. The average Bonchev–Trinajstić information content (AvgIpc) is 3.19. The number of carbonyl (C=O) groups is 1. The van der Waals surface area contributed by atoms with E-state index in [1.165, 1.54) is 0 Å². The summed E-state index contributed by atoms with van der Waals surface area (Å²) in [5.74, 6) is 0.0525. The quantitative estimate of drug-likeness (QED) is 0.439. The molecule has 0 radical (unpaired) electrons. The smallest absolute Gasteiger partial charge is 0.336 e. The standard InChI is InChI=1S/C22H24O4/c1-25-15-26-19-13-11-18(12-14-19)21(22(23)24)20(17-9-5-6-10-17)16-7-3-2-4-8-16/h2-4,7-8,11-14,17H,5-6,9-10,15H2,1H3,(H,23,24). The second-order valence-corrected chi connectivity index (χ2v) is 6.52. The number of rotatable bonds is 7. The average molecular weight is 352 g/mol. The maximum atomic E-state index is 12.2. The minimum atomic E-state index is -0.888. The van der Waals surface area contributed by atoms with Gasteiger partial charge in [0.25, 0.3) is 0 Å². The number of benzene rings is 2. The Labute approximate surface area is 154 Å². The van der Waals surface area contributed by atoms with Crippen LogP contribution in [0, 0.1) is 5.92 Å². The van der Waals surface area contributed by atoms with Crippen LogP contribution in [0.2, 0.25) is 0 Å². The summed E-state index contributed by atoms with van der Waals surface area (Å²) in [5, 5.41) is 10.0. The molecule has 0 heterocycles. The van der Waals surface area contributed by atoms with E-state index in [2.05, 4.69) is 0 Å². The van der Waals surface area contributed by atoms with E-state index >= 15 is 0 Å². The summed E-state index contributed by atoms with van der Waals surface area (Å²) in [7, 11) is 1.56. The summed E-state index contributed by atoms with van der Waals surface area (Å²) in [6, 6.07) is 17.1. The van der Waals surface area contributed by atoms with E-state index in [9.17, 15) is 9.90 Å². The van der Waals surface area contributed by atoms with Crippen molar-refractivity contribution in [3.05, 3.63) is 65.7 Å². The fourth-order valence-corrected chi connectivity index (χ4v) is 3.66. The summed E-state index contributed by atoms with van der Waals surface area (Å²) in [5.41, 5.74) is 3.03. The highest BCUT2D eigenvalue weighted by Gasteiger charge is 2.27. The Hall–Kier alpha value is -2.59. The van der Waals surface area contributed by atoms with Crippen molar-refractivity contribution in [1.82, 2.24) is 0 Å². The van der Waals surface area contributed by atoms with Crippen molar-refractivity contribution in [3.8, 4) is 5.75 Å². The third-order valence-electron chi connectivity index (χ3n) is 4.82. The van der Waals surface area contributed by atoms with Crippen LogP contribution in [0.25, 0.3) is 11.1 Å². The molecular formula is C22H24O4. The summed E-state index contributed by atoms with van der Waals surface area (Å²) in [6.45, 7) is 0.165. The monoisotopic (exact) mass is 352 g/mol. The Bertz CT molecular complexity index is 756. The van der Waals surface area contributed by atoms with Crippen LogP contribution >= 0.6 is 0 Å². The number of carboxylic acid groups (broad SMARTS) is 1. The van der Waals surface area contributed by atoms with E-state index in [1.54, 1.807) is 19.2 Å². The Morgan fingerprint density at radius 3 is 2.23 bits per heavy atom. The van der Waals surface area contributed by atoms with E-state index < -0.39 is 5.97 Å². The van der Waals surface area contributed by atoms with Crippen LogP contribution in [0.1, 0.15) is 36.8 Å². The van der Waals surface area contributed by atoms with Gasteiger partial charge in [0.2, 0.25) is 0 Å². The molecule has 2 aromatic rings. The molecule has 2 aromatic carbocycles. The van der Waals surface area contributed by atoms with Crippen molar-refractivity contribution >= 4 is 17.1 Å². The molecule has 26 heavy (non-hydrogen) atoms. The molecule has 0 amide bonds. The molecule has 1 saturated carbocycles. The predicted molar refractivity (Wildman–Crippen MR) is 102 cm³/mol. The summed E-state index contributed by atoms with van der Waals surface area (Å²) in [6.07, 6.45) is 4.38. The third-order valence-corrected chi connectivity index (χ3v) is 4.82. The van der Waals surface area contributed by atoms with Crippen LogP contribution in [0.3, 0.4) is 0 Å². The lowest BCUT2D eigenvalue weighted by molar-refractivity contribution is -0.130. The minimum absolute atomic E-state index is 0.165. The first kappa shape index (κ1) is 18.2. The first-order valence-corrected chi connectivity index (χ1v) is 8.95. The minimum Gasteiger partial charge on any atom is -0.478 e. The van der Waals surface area contributed by atoms with Crippen LogP contribution < -0.4 is 4.74 Å². The molecule has 4 heteroatoms. The number of aliphatic carboxylic acids is 1. The SMILES string of the molecule is COCOc1ccc(C(C(=O)O)=C(c2ccccc2)C2CCCC2)cc1. The largest absolute Gasteiger partial charge is 0.478 e. The summed E-state index contributed by atoms with van der Waals surface area (Å²) < 4.78 is 10.3. The fraction of sp³-hybridized carbons (Fsp3) is 0.318. The normalized spacial score (nSPS) is 15.6. The fourth-order valence-electron chi connectivity index (χ4n) is 3.66. The van der Waals surface area contributed by atoms with Crippen molar-refractivity contribution in [2.45, 2.75) is 25.7 Å². The van der Waals surface area contributed by atoms with Gasteiger partial charge in [0, 0.05) is 7.11 Å². The molecular weight excluding hydrogens is 328 g/mol. The first-order chi connectivity index (χ1) is 12.7. The molecule has 0 saturated heterocycles. The molecule has 0 aromatic heterocycles. The zero-order valence-corrected chi connectivity index (χ0v) is 15.0. The zero-order chi connectivity index (χ0) is 18.4. The molecule has 0 spiro atoms. The van der Waals surface area contributed by atoms with E-state index in [-0.39, 0.29) is 12.7 Å². The second-order valence-electron chi connectivity index (χ2n) is 6.52. The molecule has 0 aliphatic heterocycles. The Balaban J connectivity index is 2.07. The zero-order valence-electron chi connectivity index (χ0n) is 15.0. The van der Waals surface area contributed by atoms with Gasteiger partial charge in [-0.05, 0) is 47.6 Å². The van der Waals surface area contributed by atoms with E-state index in [0.29, 0.717) is 16.9 Å². The maximum Gasteiger partial charge on any atom is 0.336 e. The van der Waals surface area contributed by atoms with Crippen molar-refractivity contribution < 1.29 is 19.4 Å². The van der Waals surface area contributed by atoms with Gasteiger partial charge in [0.15, 0.2) is 6.79 Å². The lowest BCUT2D eigenvalue weighted by Gasteiger charge is -2.19.